The van der Waals surface area contributed by atoms with Gasteiger partial charge in [0.05, 0.1) is 24.2 Å². The third-order valence-electron chi connectivity index (χ3n) is 8.87. The Morgan fingerprint density at radius 2 is 1.43 bits per heavy atom. The third kappa shape index (κ3) is 17.4. The van der Waals surface area contributed by atoms with Crippen molar-refractivity contribution in [1.82, 2.24) is 15.0 Å². The first kappa shape index (κ1) is 55.0. The molecule has 1 fully saturated rings. The topological polar surface area (TPSA) is 133 Å². The molecule has 0 saturated heterocycles. The minimum absolute atomic E-state index is 0.00717. The molecule has 1 saturated carbocycles. The van der Waals surface area contributed by atoms with Crippen molar-refractivity contribution in [1.29, 1.82) is 0 Å². The second-order valence-electron chi connectivity index (χ2n) is 13.6. The largest absolute Gasteiger partial charge is 0.461 e. The highest BCUT2D eigenvalue weighted by molar-refractivity contribution is 8.08. The van der Waals surface area contributed by atoms with E-state index in [2.05, 4.69) is 15.0 Å². The molecule has 2 aromatic carbocycles. The number of ether oxygens (including phenoxy) is 2. The highest BCUT2D eigenvalue weighted by Gasteiger charge is 2.61. The number of rotatable bonds is 19. The standard InChI is InChI=1S/C21H20Cl2O3.C11H20N3O3PS.C9H11Cl3NO3PS/c1-21(2)17(12-18(22)23)19(21)20(24)25-13-14-7-6-10-16(11-14)26-15-8-4-3-5-9-15;1-6-14(7-2)11-12-9(3)8-10(13-11)17-18(19,15-4)16-5;1-3-14-17(18,15-4-2)16-9-7(11)5-6(10)8(12)13-9/h3-12,17,19H,13H2,1-2H3;8H,6-7H2,1-5H3;5H,3-4H2,1-2H3. The number of halogens is 5. The van der Waals surface area contributed by atoms with Gasteiger partial charge in [0.2, 0.25) is 17.7 Å². The van der Waals surface area contributed by atoms with Gasteiger partial charge in [0.1, 0.15) is 27.6 Å². The first-order valence-electron chi connectivity index (χ1n) is 19.4. The maximum absolute atomic E-state index is 12.4. The molecule has 346 valence electrons. The molecule has 0 amide bonds. The SMILES string of the molecule is CC1(C)C(C=C(Cl)Cl)C1C(=O)OCc1cccc(Oc2ccccc2)c1.CCN(CC)c1nc(C)cc(OP(=S)(OC)OC)n1.CCOP(=S)(OCC)Oc1nc(Cl)c(Cl)cc1Cl. The van der Waals surface area contributed by atoms with E-state index in [-0.39, 0.29) is 55.4 Å². The Morgan fingerprint density at radius 1 is 0.810 bits per heavy atom. The molecule has 4 aromatic rings. The molecule has 0 spiro atoms. The summed E-state index contributed by atoms with van der Waals surface area (Å²) in [6.45, 7) is 10.4. The van der Waals surface area contributed by atoms with Gasteiger partial charge < -0.3 is 32.5 Å². The maximum atomic E-state index is 12.4. The molecule has 0 aliphatic heterocycles. The summed E-state index contributed by atoms with van der Waals surface area (Å²) < 4.78 is 43.3. The van der Waals surface area contributed by atoms with E-state index in [4.69, 9.17) is 118 Å². The van der Waals surface area contributed by atoms with E-state index in [1.54, 1.807) is 26.0 Å². The van der Waals surface area contributed by atoms with Crippen LogP contribution in [0, 0.1) is 24.2 Å². The fraction of sp³-hybridized carbons (Fsp3) is 0.415. The minimum Gasteiger partial charge on any atom is -0.461 e. The van der Waals surface area contributed by atoms with Gasteiger partial charge in [0, 0.05) is 62.7 Å². The zero-order valence-electron chi connectivity index (χ0n) is 36.2. The monoisotopic (exact) mass is 1040 g/mol. The molecule has 22 heteroatoms. The highest BCUT2D eigenvalue weighted by Crippen LogP contribution is 2.60. The Hall–Kier alpha value is -2.33. The third-order valence-corrected chi connectivity index (χ3v) is 14.9. The summed E-state index contributed by atoms with van der Waals surface area (Å²) in [6.07, 6.45) is 1.71. The molecule has 0 bridgehead atoms. The Bertz CT molecular complexity index is 2230. The van der Waals surface area contributed by atoms with Crippen LogP contribution in [0.15, 0.2) is 77.3 Å². The summed E-state index contributed by atoms with van der Waals surface area (Å²) in [7, 11) is 2.92. The van der Waals surface area contributed by atoms with Gasteiger partial charge in [-0.05, 0) is 87.9 Å². The lowest BCUT2D eigenvalue weighted by Crippen LogP contribution is -2.24. The van der Waals surface area contributed by atoms with Gasteiger partial charge in [-0.25, -0.2) is 4.98 Å². The van der Waals surface area contributed by atoms with Gasteiger partial charge in [0.25, 0.3) is 0 Å². The second kappa shape index (κ2) is 26.1. The quantitative estimate of drug-likeness (QED) is 0.0501. The first-order valence-corrected chi connectivity index (χ1v) is 26.4. The lowest BCUT2D eigenvalue weighted by atomic mass is 10.1. The average Bonchev–Trinajstić information content (AvgIpc) is 3.78. The molecular formula is C41H51Cl5N4O9P2S2. The molecule has 1 aliphatic carbocycles. The second-order valence-corrected chi connectivity index (χ2v) is 21.9. The highest BCUT2D eigenvalue weighted by atomic mass is 35.5. The van der Waals surface area contributed by atoms with Gasteiger partial charge >= 0.3 is 19.4 Å². The summed E-state index contributed by atoms with van der Waals surface area (Å²) in [4.78, 5) is 27.1. The zero-order chi connectivity index (χ0) is 47.0. The van der Waals surface area contributed by atoms with Crippen LogP contribution in [0.2, 0.25) is 15.2 Å². The van der Waals surface area contributed by atoms with Crippen molar-refractivity contribution in [3.8, 4) is 23.3 Å². The fourth-order valence-electron chi connectivity index (χ4n) is 5.63. The predicted molar refractivity (Wildman–Crippen MR) is 260 cm³/mol. The van der Waals surface area contributed by atoms with Crippen molar-refractivity contribution in [2.24, 2.45) is 17.3 Å². The number of hydrogen-bond donors (Lipinski definition) is 0. The summed E-state index contributed by atoms with van der Waals surface area (Å²) in [5.41, 5.74) is 1.48. The molecule has 0 radical (unpaired) electrons. The number of benzene rings is 2. The summed E-state index contributed by atoms with van der Waals surface area (Å²) in [5, 5.41) is 0.499. The Kier molecular flexibility index (Phi) is 22.8. The van der Waals surface area contributed by atoms with Crippen molar-refractivity contribution < 1.29 is 41.4 Å². The number of para-hydroxylation sites is 1. The van der Waals surface area contributed by atoms with Crippen LogP contribution < -0.4 is 18.7 Å². The zero-order valence-corrected chi connectivity index (χ0v) is 43.4. The van der Waals surface area contributed by atoms with Crippen LogP contribution in [0.25, 0.3) is 0 Å². The molecule has 2 atom stereocenters. The number of aryl methyl sites for hydroxylation is 1. The van der Waals surface area contributed by atoms with Crippen LogP contribution in [-0.4, -0.2) is 61.4 Å². The molecule has 0 N–H and O–H groups in total. The smallest absolute Gasteiger partial charge is 0.381 e. The number of aromatic nitrogens is 3. The van der Waals surface area contributed by atoms with E-state index in [1.807, 2.05) is 94.1 Å². The molecule has 2 unspecified atom stereocenters. The summed E-state index contributed by atoms with van der Waals surface area (Å²) in [6, 6.07) is 20.2. The number of nitrogens with zero attached hydrogens (tertiary/aromatic N) is 4. The van der Waals surface area contributed by atoms with Crippen LogP contribution in [0.4, 0.5) is 5.95 Å². The van der Waals surface area contributed by atoms with Gasteiger partial charge in [0.15, 0.2) is 5.15 Å². The van der Waals surface area contributed by atoms with E-state index in [1.165, 1.54) is 20.3 Å². The van der Waals surface area contributed by atoms with Gasteiger partial charge in [-0.2, -0.15) is 9.97 Å². The van der Waals surface area contributed by atoms with Crippen molar-refractivity contribution in [3.05, 3.63) is 104 Å². The summed E-state index contributed by atoms with van der Waals surface area (Å²) in [5.74, 6) is 2.05. The van der Waals surface area contributed by atoms with Gasteiger partial charge in [-0.1, -0.05) is 102 Å². The van der Waals surface area contributed by atoms with Crippen LogP contribution in [-0.2, 0) is 57.8 Å². The van der Waals surface area contributed by atoms with E-state index >= 15 is 0 Å². The number of carbonyl (C=O) groups is 1. The number of esters is 1. The Morgan fingerprint density at radius 3 is 2.00 bits per heavy atom. The minimum atomic E-state index is -2.92. The lowest BCUT2D eigenvalue weighted by molar-refractivity contribution is -0.147. The first-order chi connectivity index (χ1) is 29.8. The number of pyridine rings is 1. The number of allylic oxidation sites excluding steroid dienone is 1. The van der Waals surface area contributed by atoms with E-state index in [0.717, 1.165) is 30.1 Å². The lowest BCUT2D eigenvalue weighted by Gasteiger charge is -2.21. The molecule has 2 heterocycles. The van der Waals surface area contributed by atoms with Crippen LogP contribution in [0.3, 0.4) is 0 Å². The Labute approximate surface area is 405 Å². The van der Waals surface area contributed by atoms with E-state index in [9.17, 15) is 4.79 Å². The summed E-state index contributed by atoms with van der Waals surface area (Å²) >= 11 is 39.3. The molecule has 13 nitrogen and oxygen atoms in total. The normalized spacial score (nSPS) is 15.1. The fourth-order valence-corrected chi connectivity index (χ4v) is 9.34. The molecular weight excluding hydrogens is 996 g/mol. The van der Waals surface area contributed by atoms with Crippen molar-refractivity contribution >= 4 is 107 Å². The van der Waals surface area contributed by atoms with Crippen molar-refractivity contribution in [3.63, 3.8) is 0 Å². The molecule has 1 aliphatic rings. The number of hydrogen-bond acceptors (Lipinski definition) is 15. The molecule has 2 aromatic heterocycles. The molecule has 5 rings (SSSR count). The average molecular weight is 1050 g/mol. The van der Waals surface area contributed by atoms with Crippen molar-refractivity contribution in [2.75, 3.05) is 45.4 Å². The number of anilines is 1. The Balaban J connectivity index is 0.000000258. The van der Waals surface area contributed by atoms with Gasteiger partial charge in [-0.3, -0.25) is 13.8 Å². The molecule has 63 heavy (non-hydrogen) atoms. The van der Waals surface area contributed by atoms with E-state index < -0.39 is 13.4 Å². The van der Waals surface area contributed by atoms with Crippen LogP contribution in [0.5, 0.6) is 23.3 Å². The van der Waals surface area contributed by atoms with Crippen LogP contribution >= 0.6 is 71.4 Å². The van der Waals surface area contributed by atoms with Crippen LogP contribution in [0.1, 0.15) is 52.8 Å². The maximum Gasteiger partial charge on any atom is 0.381 e. The predicted octanol–water partition coefficient (Wildman–Crippen LogP) is 13.4. The van der Waals surface area contributed by atoms with Crippen molar-refractivity contribution in [2.45, 2.75) is 55.1 Å². The number of carbonyl (C=O) groups excluding carboxylic acids is 1. The van der Waals surface area contributed by atoms with E-state index in [0.29, 0.717) is 30.8 Å². The van der Waals surface area contributed by atoms with Gasteiger partial charge in [-0.15, -0.1) is 0 Å².